The summed E-state index contributed by atoms with van der Waals surface area (Å²) in [7, 11) is 0. The first-order chi connectivity index (χ1) is 8.79. The second-order valence-corrected chi connectivity index (χ2v) is 6.29. The third-order valence-electron chi connectivity index (χ3n) is 2.73. The number of carboxylic acids is 1. The zero-order valence-corrected chi connectivity index (χ0v) is 12.6. The number of rotatable bonds is 2. The Balaban J connectivity index is 2.58. The lowest BCUT2D eigenvalue weighted by Gasteiger charge is -2.15. The molecule has 0 aliphatic rings. The molecule has 4 nitrogen and oxygen atoms in total. The lowest BCUT2D eigenvalue weighted by atomic mass is 9.90. The van der Waals surface area contributed by atoms with Gasteiger partial charge in [0, 0.05) is 16.1 Å². The molecule has 100 valence electrons. The van der Waals surface area contributed by atoms with Gasteiger partial charge in [-0.1, -0.05) is 42.8 Å². The van der Waals surface area contributed by atoms with E-state index in [0.717, 1.165) is 10.2 Å². The normalized spacial score (nSPS) is 11.6. The minimum absolute atomic E-state index is 0.243. The SMILES string of the molecule is CC(C)(C)c1nn(-c2cccc(Br)c2)cc1C(=O)O. The molecule has 0 atom stereocenters. The van der Waals surface area contributed by atoms with Gasteiger partial charge in [-0.05, 0) is 18.2 Å². The van der Waals surface area contributed by atoms with Gasteiger partial charge in [0.05, 0.1) is 11.4 Å². The fourth-order valence-electron chi connectivity index (χ4n) is 1.84. The molecule has 0 saturated carbocycles. The summed E-state index contributed by atoms with van der Waals surface area (Å²) >= 11 is 3.40. The fraction of sp³-hybridized carbons (Fsp3) is 0.286. The second-order valence-electron chi connectivity index (χ2n) is 5.37. The molecule has 1 heterocycles. The smallest absolute Gasteiger partial charge is 0.339 e. The Kier molecular flexibility index (Phi) is 3.49. The van der Waals surface area contributed by atoms with Crippen molar-refractivity contribution >= 4 is 21.9 Å². The molecule has 2 aromatic rings. The van der Waals surface area contributed by atoms with E-state index in [9.17, 15) is 9.90 Å². The molecular formula is C14H15BrN2O2. The van der Waals surface area contributed by atoms with Crippen LogP contribution in [0.4, 0.5) is 0 Å². The van der Waals surface area contributed by atoms with E-state index in [1.54, 1.807) is 10.9 Å². The lowest BCUT2D eigenvalue weighted by Crippen LogP contribution is -2.16. The molecule has 0 aliphatic carbocycles. The first-order valence-corrected chi connectivity index (χ1v) is 6.68. The Hall–Kier alpha value is -1.62. The Morgan fingerprint density at radius 1 is 1.37 bits per heavy atom. The summed E-state index contributed by atoms with van der Waals surface area (Å²) in [6.45, 7) is 5.85. The number of hydrogen-bond donors (Lipinski definition) is 1. The van der Waals surface area contributed by atoms with Crippen LogP contribution in [0.3, 0.4) is 0 Å². The average Bonchev–Trinajstić information content (AvgIpc) is 2.73. The summed E-state index contributed by atoms with van der Waals surface area (Å²) in [4.78, 5) is 11.3. The van der Waals surface area contributed by atoms with Crippen LogP contribution >= 0.6 is 15.9 Å². The van der Waals surface area contributed by atoms with Gasteiger partial charge in [-0.3, -0.25) is 0 Å². The van der Waals surface area contributed by atoms with E-state index in [-0.39, 0.29) is 11.0 Å². The van der Waals surface area contributed by atoms with Crippen LogP contribution in [0.15, 0.2) is 34.9 Å². The van der Waals surface area contributed by atoms with E-state index in [0.29, 0.717) is 5.69 Å². The van der Waals surface area contributed by atoms with Gasteiger partial charge in [0.25, 0.3) is 0 Å². The third-order valence-corrected chi connectivity index (χ3v) is 3.22. The summed E-state index contributed by atoms with van der Waals surface area (Å²) < 4.78 is 2.53. The molecule has 0 spiro atoms. The molecule has 0 unspecified atom stereocenters. The van der Waals surface area contributed by atoms with Crippen molar-refractivity contribution in [1.29, 1.82) is 0 Å². The van der Waals surface area contributed by atoms with Crippen molar-refractivity contribution in [2.24, 2.45) is 0 Å². The average molecular weight is 323 g/mol. The molecule has 0 fully saturated rings. The maximum absolute atomic E-state index is 11.3. The molecule has 2 rings (SSSR count). The summed E-state index contributed by atoms with van der Waals surface area (Å²) in [6, 6.07) is 7.58. The van der Waals surface area contributed by atoms with Crippen LogP contribution < -0.4 is 0 Å². The highest BCUT2D eigenvalue weighted by atomic mass is 79.9. The van der Waals surface area contributed by atoms with Gasteiger partial charge in [-0.25, -0.2) is 9.48 Å². The van der Waals surface area contributed by atoms with E-state index in [1.807, 2.05) is 45.0 Å². The van der Waals surface area contributed by atoms with Crippen molar-refractivity contribution in [2.75, 3.05) is 0 Å². The number of carbonyl (C=O) groups is 1. The molecule has 0 bridgehead atoms. The number of benzene rings is 1. The van der Waals surface area contributed by atoms with Crippen molar-refractivity contribution in [3.8, 4) is 5.69 Å². The van der Waals surface area contributed by atoms with Crippen molar-refractivity contribution < 1.29 is 9.90 Å². The number of halogens is 1. The summed E-state index contributed by atoms with van der Waals surface area (Å²) in [5.41, 5.74) is 1.34. The van der Waals surface area contributed by atoms with Crippen molar-refractivity contribution in [3.05, 3.63) is 46.2 Å². The van der Waals surface area contributed by atoms with Gasteiger partial charge in [-0.2, -0.15) is 5.10 Å². The summed E-state index contributed by atoms with van der Waals surface area (Å²) in [5, 5.41) is 13.7. The molecule has 0 aliphatic heterocycles. The molecule has 0 radical (unpaired) electrons. The topological polar surface area (TPSA) is 55.1 Å². The van der Waals surface area contributed by atoms with Gasteiger partial charge in [0.15, 0.2) is 0 Å². The predicted octanol–water partition coefficient (Wildman–Crippen LogP) is 3.63. The molecule has 1 aromatic heterocycles. The van der Waals surface area contributed by atoms with Crippen LogP contribution in [0, 0.1) is 0 Å². The summed E-state index contributed by atoms with van der Waals surface area (Å²) in [5.74, 6) is -0.953. The molecule has 1 aromatic carbocycles. The first kappa shape index (κ1) is 13.8. The van der Waals surface area contributed by atoms with Crippen molar-refractivity contribution in [3.63, 3.8) is 0 Å². The highest BCUT2D eigenvalue weighted by molar-refractivity contribution is 9.10. The number of aromatic carboxylic acids is 1. The zero-order valence-electron chi connectivity index (χ0n) is 11.0. The second kappa shape index (κ2) is 4.81. The zero-order chi connectivity index (χ0) is 14.2. The van der Waals surface area contributed by atoms with Crippen LogP contribution in [0.5, 0.6) is 0 Å². The predicted molar refractivity (Wildman–Crippen MR) is 76.9 cm³/mol. The minimum atomic E-state index is -0.953. The van der Waals surface area contributed by atoms with Gasteiger partial charge in [0.2, 0.25) is 0 Å². The number of carboxylic acid groups (broad SMARTS) is 1. The Morgan fingerprint density at radius 3 is 2.53 bits per heavy atom. The largest absolute Gasteiger partial charge is 0.478 e. The molecule has 0 saturated heterocycles. The first-order valence-electron chi connectivity index (χ1n) is 5.88. The highest BCUT2D eigenvalue weighted by Crippen LogP contribution is 2.26. The number of aromatic nitrogens is 2. The van der Waals surface area contributed by atoms with E-state index in [4.69, 9.17) is 0 Å². The molecule has 0 amide bonds. The van der Waals surface area contributed by atoms with Crippen molar-refractivity contribution in [2.45, 2.75) is 26.2 Å². The Morgan fingerprint density at radius 2 is 2.05 bits per heavy atom. The molecular weight excluding hydrogens is 308 g/mol. The molecule has 19 heavy (non-hydrogen) atoms. The third kappa shape index (κ3) is 2.87. The van der Waals surface area contributed by atoms with Gasteiger partial charge in [-0.15, -0.1) is 0 Å². The van der Waals surface area contributed by atoms with Crippen LogP contribution in [-0.2, 0) is 5.41 Å². The fourth-order valence-corrected chi connectivity index (χ4v) is 2.22. The minimum Gasteiger partial charge on any atom is -0.478 e. The molecule has 5 heteroatoms. The van der Waals surface area contributed by atoms with E-state index >= 15 is 0 Å². The van der Waals surface area contributed by atoms with Crippen LogP contribution in [0.2, 0.25) is 0 Å². The van der Waals surface area contributed by atoms with Crippen LogP contribution in [-0.4, -0.2) is 20.9 Å². The maximum Gasteiger partial charge on any atom is 0.339 e. The lowest BCUT2D eigenvalue weighted by molar-refractivity contribution is 0.0694. The van der Waals surface area contributed by atoms with Gasteiger partial charge in [0.1, 0.15) is 5.56 Å². The van der Waals surface area contributed by atoms with Crippen molar-refractivity contribution in [1.82, 2.24) is 9.78 Å². The number of hydrogen-bond acceptors (Lipinski definition) is 2. The standard InChI is InChI=1S/C14H15BrN2O2/c1-14(2,3)12-11(13(18)19)8-17(16-12)10-6-4-5-9(15)7-10/h4-8H,1-3H3,(H,18,19). The van der Waals surface area contributed by atoms with E-state index in [1.165, 1.54) is 0 Å². The highest BCUT2D eigenvalue weighted by Gasteiger charge is 2.26. The Labute approximate surface area is 120 Å². The molecule has 1 N–H and O–H groups in total. The van der Waals surface area contributed by atoms with Gasteiger partial charge < -0.3 is 5.11 Å². The quantitative estimate of drug-likeness (QED) is 0.918. The van der Waals surface area contributed by atoms with Crippen LogP contribution in [0.1, 0.15) is 36.8 Å². The summed E-state index contributed by atoms with van der Waals surface area (Å²) in [6.07, 6.45) is 1.56. The maximum atomic E-state index is 11.3. The van der Waals surface area contributed by atoms with E-state index in [2.05, 4.69) is 21.0 Å². The Bertz CT molecular complexity index is 627. The number of nitrogens with zero attached hydrogens (tertiary/aromatic N) is 2. The van der Waals surface area contributed by atoms with E-state index < -0.39 is 5.97 Å². The monoisotopic (exact) mass is 322 g/mol. The van der Waals surface area contributed by atoms with Crippen LogP contribution in [0.25, 0.3) is 5.69 Å². The van der Waals surface area contributed by atoms with Gasteiger partial charge >= 0.3 is 5.97 Å².